The van der Waals surface area contributed by atoms with Crippen molar-refractivity contribution in [2.45, 2.75) is 35.8 Å². The molecule has 0 saturated heterocycles. The van der Waals surface area contributed by atoms with Gasteiger partial charge < -0.3 is 11.1 Å². The van der Waals surface area contributed by atoms with Crippen LogP contribution in [0.15, 0.2) is 9.85 Å². The predicted molar refractivity (Wildman–Crippen MR) is 88.7 cm³/mol. The number of nitrogens with zero attached hydrogens (tertiary/aromatic N) is 2. The minimum absolute atomic E-state index is 0.164. The highest BCUT2D eigenvalue weighted by molar-refractivity contribution is 8.02. The first-order valence-electron chi connectivity index (χ1n) is 6.74. The van der Waals surface area contributed by atoms with E-state index in [1.54, 1.807) is 12.4 Å². The molecule has 2 heterocycles. The van der Waals surface area contributed by atoms with Crippen LogP contribution in [0.4, 0.5) is 5.00 Å². The van der Waals surface area contributed by atoms with Crippen molar-refractivity contribution in [3.63, 3.8) is 0 Å². The summed E-state index contributed by atoms with van der Waals surface area (Å²) in [6, 6.07) is 0. The second-order valence-corrected chi connectivity index (χ2v) is 8.41. The van der Waals surface area contributed by atoms with Crippen LogP contribution in [0.5, 0.6) is 0 Å². The highest BCUT2D eigenvalue weighted by Gasteiger charge is 2.27. The molecule has 3 N–H and O–H groups in total. The van der Waals surface area contributed by atoms with Crippen LogP contribution in [0, 0.1) is 0 Å². The number of aromatic nitrogens is 2. The van der Waals surface area contributed by atoms with Crippen LogP contribution >= 0.6 is 34.4 Å². The number of thiophene rings is 1. The molecule has 0 bridgehead atoms. The van der Waals surface area contributed by atoms with Gasteiger partial charge in [-0.25, -0.2) is 0 Å². The second-order valence-electron chi connectivity index (χ2n) is 4.88. The van der Waals surface area contributed by atoms with Gasteiger partial charge in [0.15, 0.2) is 4.34 Å². The number of rotatable bonds is 5. The van der Waals surface area contributed by atoms with Crippen molar-refractivity contribution >= 4 is 51.3 Å². The molecule has 9 heteroatoms. The summed E-state index contributed by atoms with van der Waals surface area (Å²) in [6.45, 7) is 1.80. The summed E-state index contributed by atoms with van der Waals surface area (Å²) in [4.78, 5) is 25.2. The van der Waals surface area contributed by atoms with Crippen molar-refractivity contribution in [3.05, 3.63) is 21.5 Å². The third-order valence-corrected chi connectivity index (χ3v) is 6.51. The number of hydrogen-bond donors (Lipinski definition) is 2. The maximum absolute atomic E-state index is 12.3. The van der Waals surface area contributed by atoms with Gasteiger partial charge in [0.25, 0.3) is 5.91 Å². The number of thioether (sulfide) groups is 1. The molecule has 0 radical (unpaired) electrons. The number of carbonyl (C=O) groups excluding carboxylic acids is 2. The van der Waals surface area contributed by atoms with Crippen molar-refractivity contribution in [2.75, 3.05) is 5.32 Å². The summed E-state index contributed by atoms with van der Waals surface area (Å²) in [7, 11) is 0. The first-order valence-corrected chi connectivity index (χ1v) is 9.32. The molecule has 1 atom stereocenters. The molecule has 0 aliphatic heterocycles. The molecule has 22 heavy (non-hydrogen) atoms. The van der Waals surface area contributed by atoms with Crippen LogP contribution in [0.1, 0.15) is 34.1 Å². The molecular weight excluding hydrogens is 340 g/mol. The normalized spacial score (nSPS) is 14.6. The van der Waals surface area contributed by atoms with Gasteiger partial charge in [0.05, 0.1) is 10.8 Å². The SMILES string of the molecule is C[C@@H](Sc1nncs1)C(=O)Nc1sc2c(c1C(N)=O)CCC2. The van der Waals surface area contributed by atoms with E-state index in [9.17, 15) is 9.59 Å². The monoisotopic (exact) mass is 354 g/mol. The summed E-state index contributed by atoms with van der Waals surface area (Å²) in [5, 5.41) is 10.8. The number of carbonyl (C=O) groups is 2. The van der Waals surface area contributed by atoms with Crippen molar-refractivity contribution in [3.8, 4) is 0 Å². The van der Waals surface area contributed by atoms with Gasteiger partial charge in [0.2, 0.25) is 5.91 Å². The number of aryl methyl sites for hydroxylation is 1. The summed E-state index contributed by atoms with van der Waals surface area (Å²) in [5.41, 5.74) is 8.61. The molecule has 116 valence electrons. The zero-order chi connectivity index (χ0) is 15.7. The number of hydrogen-bond acceptors (Lipinski definition) is 7. The molecule has 2 aromatic heterocycles. The van der Waals surface area contributed by atoms with Gasteiger partial charge in [-0.15, -0.1) is 21.5 Å². The van der Waals surface area contributed by atoms with Gasteiger partial charge in [0.1, 0.15) is 10.5 Å². The highest BCUT2D eigenvalue weighted by atomic mass is 32.2. The molecular formula is C13H14N4O2S3. The van der Waals surface area contributed by atoms with E-state index >= 15 is 0 Å². The number of nitrogens with one attached hydrogen (secondary N) is 1. The first-order chi connectivity index (χ1) is 10.6. The Morgan fingerprint density at radius 1 is 1.45 bits per heavy atom. The number of amides is 2. The van der Waals surface area contributed by atoms with Crippen LogP contribution in [0.25, 0.3) is 0 Å². The Balaban J connectivity index is 1.75. The van der Waals surface area contributed by atoms with Crippen molar-refractivity contribution in [2.24, 2.45) is 5.73 Å². The molecule has 3 rings (SSSR count). The molecule has 2 amide bonds. The van der Waals surface area contributed by atoms with Gasteiger partial charge >= 0.3 is 0 Å². The Morgan fingerprint density at radius 3 is 2.95 bits per heavy atom. The average Bonchev–Trinajstić information content (AvgIpc) is 3.14. The zero-order valence-corrected chi connectivity index (χ0v) is 14.2. The molecule has 1 aliphatic rings. The van der Waals surface area contributed by atoms with E-state index in [1.807, 2.05) is 0 Å². The fourth-order valence-electron chi connectivity index (χ4n) is 2.39. The van der Waals surface area contributed by atoms with Gasteiger partial charge in [-0.1, -0.05) is 23.1 Å². The van der Waals surface area contributed by atoms with Crippen molar-refractivity contribution in [1.29, 1.82) is 0 Å². The minimum Gasteiger partial charge on any atom is -0.365 e. The van der Waals surface area contributed by atoms with Crippen LogP contribution in [-0.4, -0.2) is 27.3 Å². The smallest absolute Gasteiger partial charge is 0.251 e. The molecule has 6 nitrogen and oxygen atoms in total. The average molecular weight is 354 g/mol. The van der Waals surface area contributed by atoms with Crippen molar-refractivity contribution in [1.82, 2.24) is 10.2 Å². The van der Waals surface area contributed by atoms with E-state index < -0.39 is 5.91 Å². The highest BCUT2D eigenvalue weighted by Crippen LogP contribution is 2.39. The van der Waals surface area contributed by atoms with Crippen molar-refractivity contribution < 1.29 is 9.59 Å². The number of primary amides is 1. The van der Waals surface area contributed by atoms with E-state index in [2.05, 4.69) is 15.5 Å². The van der Waals surface area contributed by atoms with E-state index in [0.717, 1.165) is 34.0 Å². The molecule has 0 spiro atoms. The predicted octanol–water partition coefficient (Wildman–Crippen LogP) is 2.31. The summed E-state index contributed by atoms with van der Waals surface area (Å²) in [5.74, 6) is -0.637. The van der Waals surface area contributed by atoms with E-state index in [-0.39, 0.29) is 11.2 Å². The summed E-state index contributed by atoms with van der Waals surface area (Å²) in [6.07, 6.45) is 2.85. The van der Waals surface area contributed by atoms with Crippen LogP contribution in [0.2, 0.25) is 0 Å². The summed E-state index contributed by atoms with van der Waals surface area (Å²) < 4.78 is 0.742. The Hall–Kier alpha value is -1.45. The Morgan fingerprint density at radius 2 is 2.27 bits per heavy atom. The first kappa shape index (κ1) is 15.4. The third kappa shape index (κ3) is 3.01. The second kappa shape index (κ2) is 6.35. The van der Waals surface area contributed by atoms with Gasteiger partial charge in [-0.3, -0.25) is 9.59 Å². The Labute approximate surface area is 139 Å². The van der Waals surface area contributed by atoms with Gasteiger partial charge in [0, 0.05) is 4.88 Å². The Bertz CT molecular complexity index is 711. The molecule has 0 unspecified atom stereocenters. The number of anilines is 1. The number of fused-ring (bicyclic) bond motifs is 1. The minimum atomic E-state index is -0.473. The maximum Gasteiger partial charge on any atom is 0.251 e. The molecule has 0 fully saturated rings. The molecule has 0 saturated carbocycles. The third-order valence-electron chi connectivity index (χ3n) is 3.39. The summed E-state index contributed by atoms with van der Waals surface area (Å²) >= 11 is 4.20. The van der Waals surface area contributed by atoms with Crippen LogP contribution in [-0.2, 0) is 17.6 Å². The lowest BCUT2D eigenvalue weighted by Crippen LogP contribution is -2.24. The quantitative estimate of drug-likeness (QED) is 0.803. The fraction of sp³-hybridized carbons (Fsp3) is 0.385. The Kier molecular flexibility index (Phi) is 4.46. The van der Waals surface area contributed by atoms with Gasteiger partial charge in [-0.05, 0) is 31.7 Å². The van der Waals surface area contributed by atoms with Crippen LogP contribution < -0.4 is 11.1 Å². The van der Waals surface area contributed by atoms with E-state index in [0.29, 0.717) is 10.6 Å². The van der Waals surface area contributed by atoms with E-state index in [1.165, 1.54) is 34.4 Å². The lowest BCUT2D eigenvalue weighted by atomic mass is 10.1. The molecule has 1 aliphatic carbocycles. The standard InChI is InChI=1S/C13H14N4O2S3/c1-6(21-13-17-15-5-20-13)11(19)16-12-9(10(14)18)7-3-2-4-8(7)22-12/h5-6H,2-4H2,1H3,(H2,14,18)(H,16,19)/t6-/m1/s1. The fourth-order valence-corrected chi connectivity index (χ4v) is 5.31. The van der Waals surface area contributed by atoms with Crippen LogP contribution in [0.3, 0.4) is 0 Å². The lowest BCUT2D eigenvalue weighted by Gasteiger charge is -2.10. The van der Waals surface area contributed by atoms with E-state index in [4.69, 9.17) is 5.73 Å². The largest absolute Gasteiger partial charge is 0.365 e. The molecule has 2 aromatic rings. The maximum atomic E-state index is 12.3. The molecule has 0 aromatic carbocycles. The topological polar surface area (TPSA) is 98.0 Å². The lowest BCUT2D eigenvalue weighted by molar-refractivity contribution is -0.115. The van der Waals surface area contributed by atoms with Gasteiger partial charge in [-0.2, -0.15) is 0 Å². The zero-order valence-electron chi connectivity index (χ0n) is 11.8. The number of nitrogens with two attached hydrogens (primary N) is 1.